The summed E-state index contributed by atoms with van der Waals surface area (Å²) in [7, 11) is 1.91. The lowest BCUT2D eigenvalue weighted by Gasteiger charge is -2.15. The molecule has 0 spiro atoms. The molecule has 110 valence electrons. The van der Waals surface area contributed by atoms with E-state index in [9.17, 15) is 9.18 Å². The second kappa shape index (κ2) is 7.44. The smallest absolute Gasteiger partial charge is 0.225 e. The number of amides is 1. The van der Waals surface area contributed by atoms with E-state index in [2.05, 4.69) is 15.3 Å². The molecule has 1 amide bonds. The summed E-state index contributed by atoms with van der Waals surface area (Å²) in [5.74, 6) is -0.515. The number of nitrogens with zero attached hydrogens (tertiary/aromatic N) is 3. The van der Waals surface area contributed by atoms with Crippen LogP contribution in [0.3, 0.4) is 0 Å². The maximum atomic E-state index is 13.0. The van der Waals surface area contributed by atoms with Crippen LogP contribution in [0.4, 0.5) is 10.1 Å². The van der Waals surface area contributed by atoms with Gasteiger partial charge >= 0.3 is 0 Å². The minimum atomic E-state index is -0.368. The van der Waals surface area contributed by atoms with Crippen molar-refractivity contribution in [1.29, 1.82) is 0 Å². The quantitative estimate of drug-likeness (QED) is 0.884. The Morgan fingerprint density at radius 2 is 2.24 bits per heavy atom. The number of nitrogens with one attached hydrogen (secondary N) is 1. The average Bonchev–Trinajstić information content (AvgIpc) is 2.46. The van der Waals surface area contributed by atoms with E-state index in [-0.39, 0.29) is 11.7 Å². The van der Waals surface area contributed by atoms with Crippen molar-refractivity contribution in [2.24, 2.45) is 0 Å². The number of rotatable bonds is 6. The van der Waals surface area contributed by atoms with E-state index in [1.165, 1.54) is 12.1 Å². The molecular weight excluding hydrogens is 271 g/mol. The Hall–Kier alpha value is -2.34. The molecule has 0 atom stereocenters. The zero-order chi connectivity index (χ0) is 15.1. The fourth-order valence-electron chi connectivity index (χ4n) is 1.85. The third-order valence-electron chi connectivity index (χ3n) is 2.88. The number of carbonyl (C=O) groups excluding carboxylic acids is 1. The topological polar surface area (TPSA) is 58.1 Å². The van der Waals surface area contributed by atoms with E-state index in [1.807, 2.05) is 11.9 Å². The van der Waals surface area contributed by atoms with Crippen molar-refractivity contribution in [3.05, 3.63) is 54.4 Å². The number of hydrogen-bond acceptors (Lipinski definition) is 4. The molecule has 5 nitrogen and oxygen atoms in total. The summed E-state index contributed by atoms with van der Waals surface area (Å²) in [6.45, 7) is 1.21. The lowest BCUT2D eigenvalue weighted by molar-refractivity contribution is -0.116. The van der Waals surface area contributed by atoms with E-state index in [4.69, 9.17) is 0 Å². The number of benzene rings is 1. The Labute approximate surface area is 122 Å². The highest BCUT2D eigenvalue weighted by Crippen LogP contribution is 2.09. The minimum Gasteiger partial charge on any atom is -0.326 e. The van der Waals surface area contributed by atoms with E-state index in [0.717, 1.165) is 5.69 Å². The Bertz CT molecular complexity index is 591. The van der Waals surface area contributed by atoms with Crippen LogP contribution in [0.1, 0.15) is 12.1 Å². The second-order valence-electron chi connectivity index (χ2n) is 4.74. The Balaban J connectivity index is 1.76. The van der Waals surface area contributed by atoms with Gasteiger partial charge in [-0.05, 0) is 25.2 Å². The van der Waals surface area contributed by atoms with Crippen LogP contribution in [-0.4, -0.2) is 34.4 Å². The first-order chi connectivity index (χ1) is 10.1. The molecule has 0 aliphatic carbocycles. The molecule has 0 fully saturated rings. The van der Waals surface area contributed by atoms with Crippen molar-refractivity contribution in [3.63, 3.8) is 0 Å². The van der Waals surface area contributed by atoms with Gasteiger partial charge < -0.3 is 5.32 Å². The van der Waals surface area contributed by atoms with Crippen molar-refractivity contribution in [2.45, 2.75) is 13.0 Å². The lowest BCUT2D eigenvalue weighted by atomic mass is 10.3. The highest BCUT2D eigenvalue weighted by molar-refractivity contribution is 5.90. The van der Waals surface area contributed by atoms with Gasteiger partial charge in [-0.3, -0.25) is 19.7 Å². The average molecular weight is 288 g/mol. The molecule has 0 aliphatic rings. The van der Waals surface area contributed by atoms with Gasteiger partial charge in [0.2, 0.25) is 5.91 Å². The van der Waals surface area contributed by atoms with Crippen LogP contribution < -0.4 is 5.32 Å². The van der Waals surface area contributed by atoms with Gasteiger partial charge in [-0.25, -0.2) is 4.39 Å². The zero-order valence-electron chi connectivity index (χ0n) is 11.8. The van der Waals surface area contributed by atoms with Crippen LogP contribution in [0, 0.1) is 5.82 Å². The van der Waals surface area contributed by atoms with Crippen molar-refractivity contribution in [1.82, 2.24) is 14.9 Å². The Morgan fingerprint density at radius 1 is 1.38 bits per heavy atom. The number of halogens is 1. The van der Waals surface area contributed by atoms with Gasteiger partial charge in [0, 0.05) is 43.8 Å². The summed E-state index contributed by atoms with van der Waals surface area (Å²) in [6.07, 6.45) is 5.28. The van der Waals surface area contributed by atoms with Crippen LogP contribution in [0.2, 0.25) is 0 Å². The molecule has 2 rings (SSSR count). The van der Waals surface area contributed by atoms with E-state index in [1.54, 1.807) is 30.7 Å². The van der Waals surface area contributed by atoms with E-state index >= 15 is 0 Å². The van der Waals surface area contributed by atoms with Crippen LogP contribution in [0.25, 0.3) is 0 Å². The molecule has 21 heavy (non-hydrogen) atoms. The first-order valence-corrected chi connectivity index (χ1v) is 6.62. The van der Waals surface area contributed by atoms with Crippen molar-refractivity contribution in [2.75, 3.05) is 18.9 Å². The summed E-state index contributed by atoms with van der Waals surface area (Å²) in [5, 5.41) is 2.67. The molecule has 1 aromatic carbocycles. The SMILES string of the molecule is CN(CCC(=O)Nc1cccc(F)c1)Cc1cnccn1. The third kappa shape index (κ3) is 5.27. The van der Waals surface area contributed by atoms with Gasteiger partial charge in [0.1, 0.15) is 5.82 Å². The van der Waals surface area contributed by atoms with Crippen molar-refractivity contribution < 1.29 is 9.18 Å². The summed E-state index contributed by atoms with van der Waals surface area (Å²) < 4.78 is 13.0. The first kappa shape index (κ1) is 15.1. The van der Waals surface area contributed by atoms with E-state index in [0.29, 0.717) is 25.2 Å². The monoisotopic (exact) mass is 288 g/mol. The molecule has 2 aromatic rings. The van der Waals surface area contributed by atoms with Gasteiger partial charge in [-0.2, -0.15) is 0 Å². The molecule has 0 saturated heterocycles. The standard InChI is InChI=1S/C15H17FN4O/c1-20(11-14-10-17-6-7-18-14)8-5-15(21)19-13-4-2-3-12(16)9-13/h2-4,6-7,9-10H,5,8,11H2,1H3,(H,19,21). The largest absolute Gasteiger partial charge is 0.326 e. The number of anilines is 1. The van der Waals surface area contributed by atoms with Gasteiger partial charge in [-0.1, -0.05) is 6.07 Å². The lowest BCUT2D eigenvalue weighted by Crippen LogP contribution is -2.24. The predicted octanol–water partition coefficient (Wildman–Crippen LogP) is 2.08. The summed E-state index contributed by atoms with van der Waals surface area (Å²) in [6, 6.07) is 5.85. The number of hydrogen-bond donors (Lipinski definition) is 1. The molecule has 6 heteroatoms. The summed E-state index contributed by atoms with van der Waals surface area (Å²) in [5.41, 5.74) is 1.32. The fourth-order valence-corrected chi connectivity index (χ4v) is 1.85. The third-order valence-corrected chi connectivity index (χ3v) is 2.88. The molecule has 0 saturated carbocycles. The molecule has 1 aromatic heterocycles. The van der Waals surface area contributed by atoms with Gasteiger partial charge in [0.25, 0.3) is 0 Å². The Morgan fingerprint density at radius 3 is 2.95 bits per heavy atom. The second-order valence-corrected chi connectivity index (χ2v) is 4.74. The highest BCUT2D eigenvalue weighted by atomic mass is 19.1. The predicted molar refractivity (Wildman–Crippen MR) is 78.0 cm³/mol. The molecule has 1 N–H and O–H groups in total. The number of carbonyl (C=O) groups is 1. The fraction of sp³-hybridized carbons (Fsp3) is 0.267. The van der Waals surface area contributed by atoms with Crippen LogP contribution >= 0.6 is 0 Å². The molecular formula is C15H17FN4O. The van der Waals surface area contributed by atoms with Crippen LogP contribution in [0.5, 0.6) is 0 Å². The highest BCUT2D eigenvalue weighted by Gasteiger charge is 2.07. The molecule has 1 heterocycles. The van der Waals surface area contributed by atoms with Crippen LogP contribution in [-0.2, 0) is 11.3 Å². The molecule has 0 unspecified atom stereocenters. The minimum absolute atomic E-state index is 0.147. The van der Waals surface area contributed by atoms with E-state index < -0.39 is 0 Å². The maximum absolute atomic E-state index is 13.0. The van der Waals surface area contributed by atoms with Gasteiger partial charge in [-0.15, -0.1) is 0 Å². The summed E-state index contributed by atoms with van der Waals surface area (Å²) in [4.78, 5) is 21.9. The van der Waals surface area contributed by atoms with Gasteiger partial charge in [0.15, 0.2) is 0 Å². The molecule has 0 aliphatic heterocycles. The molecule has 0 bridgehead atoms. The van der Waals surface area contributed by atoms with Crippen molar-refractivity contribution >= 4 is 11.6 Å². The normalized spacial score (nSPS) is 10.6. The van der Waals surface area contributed by atoms with Crippen molar-refractivity contribution in [3.8, 4) is 0 Å². The summed E-state index contributed by atoms with van der Waals surface area (Å²) >= 11 is 0. The zero-order valence-corrected chi connectivity index (χ0v) is 11.8. The Kier molecular flexibility index (Phi) is 5.34. The maximum Gasteiger partial charge on any atom is 0.225 e. The first-order valence-electron chi connectivity index (χ1n) is 6.62. The number of aromatic nitrogens is 2. The van der Waals surface area contributed by atoms with Crippen LogP contribution in [0.15, 0.2) is 42.9 Å². The van der Waals surface area contributed by atoms with Gasteiger partial charge in [0.05, 0.1) is 5.69 Å². The molecule has 0 radical (unpaired) electrons.